The normalized spacial score (nSPS) is 14.9. The molecule has 0 bridgehead atoms. The van der Waals surface area contributed by atoms with E-state index in [9.17, 15) is 13.2 Å². The molecule has 1 aliphatic heterocycles. The molecule has 1 aliphatic rings. The van der Waals surface area contributed by atoms with Crippen molar-refractivity contribution in [2.75, 3.05) is 6.61 Å². The number of carbonyl (C=O) groups is 1. The minimum absolute atomic E-state index is 0. The van der Waals surface area contributed by atoms with Crippen molar-refractivity contribution in [3.63, 3.8) is 0 Å². The molecule has 0 atom stereocenters. The molecule has 0 saturated heterocycles. The Morgan fingerprint density at radius 3 is 2.39 bits per heavy atom. The van der Waals surface area contributed by atoms with Crippen molar-refractivity contribution in [3.8, 4) is 0 Å². The van der Waals surface area contributed by atoms with Crippen molar-refractivity contribution < 1.29 is 53.5 Å². The van der Waals surface area contributed by atoms with Gasteiger partial charge in [-0.1, -0.05) is 12.1 Å². The van der Waals surface area contributed by atoms with Gasteiger partial charge in [0.1, 0.15) is 12.3 Å². The van der Waals surface area contributed by atoms with Crippen LogP contribution in [0.15, 0.2) is 34.3 Å². The average molecular weight is 280 g/mol. The van der Waals surface area contributed by atoms with E-state index in [1.54, 1.807) is 0 Å². The van der Waals surface area contributed by atoms with Gasteiger partial charge in [-0.15, -0.1) is 0 Å². The van der Waals surface area contributed by atoms with Crippen LogP contribution in [0.2, 0.25) is 0 Å². The molecule has 18 heavy (non-hydrogen) atoms. The Morgan fingerprint density at radius 1 is 1.33 bits per heavy atom. The van der Waals surface area contributed by atoms with Crippen molar-refractivity contribution in [2.45, 2.75) is 4.90 Å². The number of carbonyl (C=O) groups excluding carboxylic acids is 1. The van der Waals surface area contributed by atoms with Crippen molar-refractivity contribution in [2.24, 2.45) is 5.10 Å². The Labute approximate surface area is 127 Å². The summed E-state index contributed by atoms with van der Waals surface area (Å²) in [4.78, 5) is 10.5. The van der Waals surface area contributed by atoms with E-state index in [0.717, 1.165) is 0 Å². The van der Waals surface area contributed by atoms with Gasteiger partial charge < -0.3 is 6.16 Å². The Balaban J connectivity index is 0.00000162. The summed E-state index contributed by atoms with van der Waals surface area (Å²) in [6, 6.07) is 5.40. The summed E-state index contributed by atoms with van der Waals surface area (Å²) >= 11 is 0. The molecule has 1 heterocycles. The van der Waals surface area contributed by atoms with Crippen molar-refractivity contribution in [1.82, 2.24) is 5.43 Å². The third-order valence-electron chi connectivity index (χ3n) is 2.11. The van der Waals surface area contributed by atoms with Crippen LogP contribution < -0.4 is 35.0 Å². The number of hydrogen-bond acceptors (Lipinski definition) is 5. The molecular weight excluding hydrogens is 271 g/mol. The smallest absolute Gasteiger partial charge is 1.00 e. The standard InChI is InChI=1S/C9H8N2O5S.Na.H/c12-9-11-10-8(5-16-9)6-1-3-7(4-2-6)17(13,14)15;;/h1-4H,5H2,(H,11,12)(H,13,14,15);;/q;+1;-1. The van der Waals surface area contributed by atoms with Crippen LogP contribution in [-0.4, -0.2) is 31.4 Å². The molecule has 92 valence electrons. The number of hydrazone groups is 1. The molecular formula is C9H9N2NaO5S. The van der Waals surface area contributed by atoms with Gasteiger partial charge >= 0.3 is 35.7 Å². The number of hydrogen-bond donors (Lipinski definition) is 2. The second kappa shape index (κ2) is 5.81. The Morgan fingerprint density at radius 2 is 1.94 bits per heavy atom. The van der Waals surface area contributed by atoms with E-state index in [-0.39, 0.29) is 42.5 Å². The molecule has 0 aromatic heterocycles. The maximum atomic E-state index is 10.8. The molecule has 0 fully saturated rings. The first-order chi connectivity index (χ1) is 7.97. The van der Waals surface area contributed by atoms with Gasteiger partial charge in [-0.25, -0.2) is 10.2 Å². The third-order valence-corrected chi connectivity index (χ3v) is 2.98. The zero-order valence-electron chi connectivity index (χ0n) is 10.5. The van der Waals surface area contributed by atoms with Crippen LogP contribution >= 0.6 is 0 Å². The fourth-order valence-corrected chi connectivity index (χ4v) is 1.76. The van der Waals surface area contributed by atoms with Crippen molar-refractivity contribution in [1.29, 1.82) is 0 Å². The molecule has 0 spiro atoms. The molecule has 1 amide bonds. The maximum Gasteiger partial charge on any atom is 1.00 e. The van der Waals surface area contributed by atoms with Crippen LogP contribution in [0.25, 0.3) is 0 Å². The first-order valence-electron chi connectivity index (χ1n) is 4.54. The second-order valence-corrected chi connectivity index (χ2v) is 4.67. The number of amides is 1. The zero-order chi connectivity index (χ0) is 12.5. The van der Waals surface area contributed by atoms with Crippen LogP contribution in [0.1, 0.15) is 6.99 Å². The fraction of sp³-hybridized carbons (Fsp3) is 0.111. The summed E-state index contributed by atoms with van der Waals surface area (Å²) < 4.78 is 35.1. The van der Waals surface area contributed by atoms with Crippen molar-refractivity contribution in [3.05, 3.63) is 29.8 Å². The summed E-state index contributed by atoms with van der Waals surface area (Å²) in [6.07, 6.45) is -0.636. The van der Waals surface area contributed by atoms with Crippen LogP contribution in [0, 0.1) is 0 Å². The van der Waals surface area contributed by atoms with Crippen LogP contribution in [0.3, 0.4) is 0 Å². The first kappa shape index (κ1) is 15.1. The van der Waals surface area contributed by atoms with Gasteiger partial charge in [-0.2, -0.15) is 13.5 Å². The molecule has 9 heteroatoms. The SMILES string of the molecule is O=C1NN=C(c2ccc(S(=O)(=O)O)cc2)CO1.[H-].[Na+]. The maximum absolute atomic E-state index is 10.8. The number of benzene rings is 1. The van der Waals surface area contributed by atoms with Crippen LogP contribution in [-0.2, 0) is 14.9 Å². The number of rotatable bonds is 2. The first-order valence-corrected chi connectivity index (χ1v) is 5.98. The quantitative estimate of drug-likeness (QED) is 0.460. The van der Waals surface area contributed by atoms with E-state index in [2.05, 4.69) is 10.5 Å². The van der Waals surface area contributed by atoms with Crippen LogP contribution in [0.4, 0.5) is 4.79 Å². The number of ether oxygens (including phenoxy) is 1. The molecule has 0 aliphatic carbocycles. The van der Waals surface area contributed by atoms with Gasteiger partial charge in [0.05, 0.1) is 4.90 Å². The Bertz CT molecular complexity index is 587. The van der Waals surface area contributed by atoms with E-state index in [1.165, 1.54) is 24.3 Å². The van der Waals surface area contributed by atoms with E-state index in [1.807, 2.05) is 0 Å². The molecule has 1 aromatic rings. The minimum atomic E-state index is -4.20. The number of nitrogens with zero attached hydrogens (tertiary/aromatic N) is 1. The molecule has 0 saturated carbocycles. The van der Waals surface area contributed by atoms with Gasteiger partial charge in [0.25, 0.3) is 10.1 Å². The summed E-state index contributed by atoms with van der Waals surface area (Å²) in [5, 5.41) is 3.75. The Kier molecular flexibility index (Phi) is 4.88. The summed E-state index contributed by atoms with van der Waals surface area (Å²) in [5.41, 5.74) is 3.19. The largest absolute Gasteiger partial charge is 1.00 e. The zero-order valence-corrected chi connectivity index (χ0v) is 12.3. The van der Waals surface area contributed by atoms with Gasteiger partial charge in [0.2, 0.25) is 0 Å². The monoisotopic (exact) mass is 280 g/mol. The molecule has 2 N–H and O–H groups in total. The van der Waals surface area contributed by atoms with E-state index < -0.39 is 16.2 Å². The number of nitrogens with one attached hydrogen (secondary N) is 1. The van der Waals surface area contributed by atoms with Gasteiger partial charge in [0, 0.05) is 5.56 Å². The predicted octanol–water partition coefficient (Wildman–Crippen LogP) is -2.51. The third kappa shape index (κ3) is 3.53. The van der Waals surface area contributed by atoms with Gasteiger partial charge in [0.15, 0.2) is 0 Å². The van der Waals surface area contributed by atoms with E-state index in [0.29, 0.717) is 11.3 Å². The average Bonchev–Trinajstić information content (AvgIpc) is 2.29. The molecule has 2 rings (SSSR count). The van der Waals surface area contributed by atoms with Gasteiger partial charge in [-0.05, 0) is 12.1 Å². The van der Waals surface area contributed by atoms with E-state index in [4.69, 9.17) is 9.29 Å². The molecule has 7 nitrogen and oxygen atoms in total. The summed E-state index contributed by atoms with van der Waals surface area (Å²) in [7, 11) is -4.20. The second-order valence-electron chi connectivity index (χ2n) is 3.25. The minimum Gasteiger partial charge on any atom is -1.00 e. The predicted molar refractivity (Wildman–Crippen MR) is 58.4 cm³/mol. The fourth-order valence-electron chi connectivity index (χ4n) is 1.28. The van der Waals surface area contributed by atoms with Crippen molar-refractivity contribution >= 4 is 21.9 Å². The van der Waals surface area contributed by atoms with E-state index >= 15 is 0 Å². The van der Waals surface area contributed by atoms with Crippen LogP contribution in [0.5, 0.6) is 0 Å². The summed E-state index contributed by atoms with van der Waals surface area (Å²) in [6.45, 7) is 0.0110. The summed E-state index contributed by atoms with van der Waals surface area (Å²) in [5.74, 6) is 0. The molecule has 0 radical (unpaired) electrons. The number of cyclic esters (lactones) is 1. The molecule has 1 aromatic carbocycles. The Hall–Kier alpha value is -0.930. The van der Waals surface area contributed by atoms with Gasteiger partial charge in [-0.3, -0.25) is 4.55 Å². The topological polar surface area (TPSA) is 105 Å². The molecule has 0 unspecified atom stereocenters.